The van der Waals surface area contributed by atoms with Gasteiger partial charge >= 0.3 is 0 Å². The summed E-state index contributed by atoms with van der Waals surface area (Å²) in [5.74, 6) is 1.47. The predicted molar refractivity (Wildman–Crippen MR) is 384 cm³/mol. The highest BCUT2D eigenvalue weighted by atomic mass is 16.2. The summed E-state index contributed by atoms with van der Waals surface area (Å²) in [6, 6.07) is 100. The normalized spacial score (nSPS) is 13.2. The van der Waals surface area contributed by atoms with Gasteiger partial charge in [-0.2, -0.15) is 0 Å². The number of allylic oxidation sites excluding steroid dienone is 3. The van der Waals surface area contributed by atoms with E-state index in [2.05, 4.69) is 281 Å². The van der Waals surface area contributed by atoms with Gasteiger partial charge in [-0.15, -0.1) is 0 Å². The smallest absolute Gasteiger partial charge is 0.197 e. The molecule has 1 aliphatic heterocycles. The number of carbonyl (C=O) groups excluding carboxylic acids is 2. The molecule has 0 unspecified atom stereocenters. The van der Waals surface area contributed by atoms with Crippen LogP contribution >= 0.6 is 0 Å². The summed E-state index contributed by atoms with van der Waals surface area (Å²) in [5, 5.41) is 0. The van der Waals surface area contributed by atoms with Crippen LogP contribution in [0.5, 0.6) is 0 Å². The summed E-state index contributed by atoms with van der Waals surface area (Å²) < 4.78 is 0. The van der Waals surface area contributed by atoms with Crippen molar-refractivity contribution in [1.29, 1.82) is 0 Å². The molecule has 0 atom stereocenters. The van der Waals surface area contributed by atoms with E-state index in [1.165, 1.54) is 0 Å². The van der Waals surface area contributed by atoms with Gasteiger partial charge in [-0.3, -0.25) is 19.4 Å². The van der Waals surface area contributed by atoms with E-state index in [1.54, 1.807) is 18.2 Å². The molecule has 15 rings (SSSR count). The first-order valence-electron chi connectivity index (χ1n) is 32.0. The molecule has 6 heteroatoms. The van der Waals surface area contributed by atoms with E-state index in [9.17, 15) is 9.59 Å². The minimum Gasteiger partial charge on any atom is -0.288 e. The van der Waals surface area contributed by atoms with Crippen molar-refractivity contribution in [3.63, 3.8) is 0 Å². The van der Waals surface area contributed by atoms with Crippen LogP contribution in [0.25, 0.3) is 100 Å². The van der Waals surface area contributed by atoms with Gasteiger partial charge in [0.1, 0.15) is 5.82 Å². The summed E-state index contributed by atoms with van der Waals surface area (Å²) in [6.45, 7) is 11.1. The lowest BCUT2D eigenvalue weighted by Crippen LogP contribution is -2.25. The first kappa shape index (κ1) is 57.8. The third-order valence-corrected chi connectivity index (χ3v) is 18.1. The maximum Gasteiger partial charge on any atom is 0.197 e. The summed E-state index contributed by atoms with van der Waals surface area (Å²) in [4.78, 5) is 44.9. The molecule has 0 radical (unpaired) electrons. The van der Waals surface area contributed by atoms with Gasteiger partial charge in [0.25, 0.3) is 0 Å². The Morgan fingerprint density at radius 2 is 0.613 bits per heavy atom. The van der Waals surface area contributed by atoms with Gasteiger partial charge in [-0.05, 0) is 186 Å². The number of anilines is 4. The van der Waals surface area contributed by atoms with Crippen molar-refractivity contribution in [2.24, 2.45) is 0 Å². The maximum atomic E-state index is 14.5. The zero-order valence-electron chi connectivity index (χ0n) is 52.6. The molecule has 6 nitrogen and oxygen atoms in total. The third kappa shape index (κ3) is 10.9. The second-order valence-electron chi connectivity index (χ2n) is 24.9. The van der Waals surface area contributed by atoms with Crippen molar-refractivity contribution >= 4 is 45.6 Å². The highest BCUT2D eigenvalue weighted by Crippen LogP contribution is 2.56. The van der Waals surface area contributed by atoms with Crippen molar-refractivity contribution < 1.29 is 9.59 Å². The van der Waals surface area contributed by atoms with Crippen LogP contribution in [0.1, 0.15) is 76.9 Å². The molecule has 12 aromatic carbocycles. The monoisotopic (exact) mass is 1200 g/mol. The molecule has 0 saturated heterocycles. The lowest BCUT2D eigenvalue weighted by atomic mass is 9.89. The second-order valence-corrected chi connectivity index (χ2v) is 24.9. The second kappa shape index (κ2) is 24.3. The topological polar surface area (TPSA) is 66.4 Å². The molecular weight excluding hydrogens is 1130 g/mol. The molecule has 1 aliphatic carbocycles. The number of hydrogen-bond acceptors (Lipinski definition) is 6. The van der Waals surface area contributed by atoms with Crippen LogP contribution in [0.3, 0.4) is 0 Å². The molecule has 446 valence electrons. The Balaban J connectivity index is 0.984. The fraction of sp³-hybridized carbons (Fsp3) is 0.0805. The quantitative estimate of drug-likeness (QED) is 0.0847. The summed E-state index contributed by atoms with van der Waals surface area (Å²) in [5.41, 5.74) is 24.9. The van der Waals surface area contributed by atoms with Crippen molar-refractivity contribution in [1.82, 2.24) is 9.97 Å². The fourth-order valence-corrected chi connectivity index (χ4v) is 13.5. The van der Waals surface area contributed by atoms with Crippen molar-refractivity contribution in [2.75, 3.05) is 9.80 Å². The van der Waals surface area contributed by atoms with Gasteiger partial charge in [0.05, 0.1) is 28.0 Å². The van der Waals surface area contributed by atoms with Gasteiger partial charge in [-0.1, -0.05) is 252 Å². The van der Waals surface area contributed by atoms with Crippen LogP contribution in [-0.2, 0) is 0 Å². The summed E-state index contributed by atoms with van der Waals surface area (Å²) >= 11 is 0. The molecule has 0 saturated carbocycles. The molecule has 93 heavy (non-hydrogen) atoms. The fourth-order valence-electron chi connectivity index (χ4n) is 13.5. The molecule has 0 spiro atoms. The first-order valence-corrected chi connectivity index (χ1v) is 32.0. The van der Waals surface area contributed by atoms with Crippen molar-refractivity contribution in [2.45, 2.75) is 46.5 Å². The molecule has 13 aromatic rings. The van der Waals surface area contributed by atoms with Crippen LogP contribution in [-0.4, -0.2) is 21.5 Å². The van der Waals surface area contributed by atoms with Crippen LogP contribution in [0.15, 0.2) is 309 Å². The van der Waals surface area contributed by atoms with Gasteiger partial charge in [0, 0.05) is 22.3 Å². The Kier molecular flexibility index (Phi) is 15.1. The van der Waals surface area contributed by atoms with E-state index >= 15 is 0 Å². The number of ketones is 2. The van der Waals surface area contributed by atoms with Crippen LogP contribution in [0.2, 0.25) is 0 Å². The number of carbonyl (C=O) groups is 2. The number of nitrogens with zero attached hydrogens (tertiary/aromatic N) is 4. The molecule has 2 aliphatic rings. The molecule has 0 amide bonds. The zero-order valence-corrected chi connectivity index (χ0v) is 52.6. The number of para-hydroxylation sites is 3. The Labute approximate surface area is 543 Å². The number of aromatic nitrogens is 2. The maximum absolute atomic E-state index is 14.5. The average Bonchev–Trinajstić information content (AvgIpc) is 1.73. The number of aryl methyl sites for hydroxylation is 1. The van der Waals surface area contributed by atoms with Gasteiger partial charge in [-0.25, -0.2) is 9.97 Å². The Morgan fingerprint density at radius 3 is 0.968 bits per heavy atom. The Bertz CT molecular complexity index is 4740. The van der Waals surface area contributed by atoms with Crippen LogP contribution < -0.4 is 9.80 Å². The minimum atomic E-state index is -0.305. The SMILES string of the molecule is Cc1cc(-c2ccc(-c3cc(-c4ccccc4)cc(-c4ccccc4)c3)cc2)c(N2/C(=C/C=C3C(=O)c4ccccc4C3=O)N(c3c(C(C)C)cccc3C(C)C)c3nc4ccccc4nc32)c(-c2ccc(-c3cc(-c4ccccc4)cc(-c4ccccc4)c3)cc2)c1. The van der Waals surface area contributed by atoms with Crippen molar-refractivity contribution in [3.8, 4) is 89.0 Å². The summed E-state index contributed by atoms with van der Waals surface area (Å²) in [6.07, 6.45) is 3.69. The Hall–Kier alpha value is -11.6. The van der Waals surface area contributed by atoms with E-state index in [4.69, 9.17) is 9.97 Å². The largest absolute Gasteiger partial charge is 0.288 e. The average molecular weight is 1200 g/mol. The molecule has 0 fully saturated rings. The molecular formula is C87H66N4O2. The van der Waals surface area contributed by atoms with E-state index in [1.807, 2.05) is 42.5 Å². The highest BCUT2D eigenvalue weighted by Gasteiger charge is 2.42. The van der Waals surface area contributed by atoms with Gasteiger partial charge in [0.15, 0.2) is 23.2 Å². The zero-order chi connectivity index (χ0) is 63.3. The molecule has 0 bridgehead atoms. The lowest BCUT2D eigenvalue weighted by molar-refractivity contribution is 0.0988. The van der Waals surface area contributed by atoms with E-state index in [0.29, 0.717) is 28.6 Å². The van der Waals surface area contributed by atoms with Crippen LogP contribution in [0.4, 0.5) is 23.0 Å². The molecule has 2 heterocycles. The first-order chi connectivity index (χ1) is 45.5. The molecule has 1 aromatic heterocycles. The Morgan fingerprint density at radius 1 is 0.301 bits per heavy atom. The van der Waals surface area contributed by atoms with E-state index in [0.717, 1.165) is 128 Å². The third-order valence-electron chi connectivity index (χ3n) is 18.1. The van der Waals surface area contributed by atoms with Crippen molar-refractivity contribution in [3.05, 3.63) is 336 Å². The van der Waals surface area contributed by atoms with Gasteiger partial charge in [0.2, 0.25) is 0 Å². The highest BCUT2D eigenvalue weighted by molar-refractivity contribution is 6.39. The predicted octanol–water partition coefficient (Wildman–Crippen LogP) is 22.7. The standard InChI is InChI=1S/C87H66N4O2/c1-55(2)72-33-22-34-73(56(3)4)82(72)90-81(46-45-76-84(92)74-31-18-19-32-75(74)85(76)93)91(87-86(90)88-79-35-20-21-36-80(79)89-87)83-77(64-41-37-62(38-42-64)70-51-66(58-23-10-6-11-24-58)49-67(52-70)59-25-12-7-13-26-59)47-57(5)48-78(83)65-43-39-63(40-44-65)71-53-68(60-27-14-8-15-28-60)50-69(54-71)61-29-16-9-17-30-61/h6-56H,1-5H3/b81-46+. The molecule has 0 N–H and O–H groups in total. The lowest BCUT2D eigenvalue weighted by Gasteiger charge is -2.32. The number of hydrogen-bond donors (Lipinski definition) is 0. The minimum absolute atomic E-state index is 0.0913. The number of fused-ring (bicyclic) bond motifs is 3. The van der Waals surface area contributed by atoms with Gasteiger partial charge < -0.3 is 0 Å². The number of rotatable bonds is 13. The van der Waals surface area contributed by atoms with Crippen LogP contribution in [0, 0.1) is 6.92 Å². The number of benzene rings is 12. The van der Waals surface area contributed by atoms with E-state index < -0.39 is 0 Å². The van der Waals surface area contributed by atoms with E-state index in [-0.39, 0.29) is 29.0 Å². The number of Topliss-reactive ketones (excluding diaryl/α,β-unsaturated/α-hetero) is 2. The summed E-state index contributed by atoms with van der Waals surface area (Å²) in [7, 11) is 0.